The summed E-state index contributed by atoms with van der Waals surface area (Å²) in [6.07, 6.45) is 1.33. The van der Waals surface area contributed by atoms with Crippen molar-refractivity contribution < 1.29 is 27.1 Å². The summed E-state index contributed by atoms with van der Waals surface area (Å²) in [5.41, 5.74) is 2.54. The molecule has 0 bridgehead atoms. The van der Waals surface area contributed by atoms with E-state index >= 15 is 0 Å². The number of benzene rings is 3. The average molecular weight is 472 g/mol. The highest BCUT2D eigenvalue weighted by atomic mass is 32.2. The zero-order valence-corrected chi connectivity index (χ0v) is 18.8. The lowest BCUT2D eigenvalue weighted by Crippen LogP contribution is -2.40. The van der Waals surface area contributed by atoms with Gasteiger partial charge in [0.25, 0.3) is 15.9 Å². The molecule has 1 amide bonds. The molecule has 3 rings (SSSR count). The fraction of sp³-hybridized carbons (Fsp3) is 0.130. The smallest absolute Gasteiger partial charge is 0.264 e. The van der Waals surface area contributed by atoms with Crippen molar-refractivity contribution in [3.63, 3.8) is 0 Å². The number of halogens is 1. The van der Waals surface area contributed by atoms with E-state index in [1.54, 1.807) is 24.3 Å². The Balaban J connectivity index is 1.85. The maximum absolute atomic E-state index is 14.5. The van der Waals surface area contributed by atoms with Gasteiger partial charge in [0, 0.05) is 5.56 Å². The topological polar surface area (TPSA) is 97.3 Å². The molecule has 0 atom stereocenters. The number of rotatable bonds is 9. The second-order valence-electron chi connectivity index (χ2n) is 6.65. The number of anilines is 1. The van der Waals surface area contributed by atoms with Gasteiger partial charge in [-0.15, -0.1) is 0 Å². The summed E-state index contributed by atoms with van der Waals surface area (Å²) in [4.78, 5) is 12.5. The van der Waals surface area contributed by atoms with E-state index in [2.05, 4.69) is 10.5 Å². The minimum Gasteiger partial charge on any atom is -0.493 e. The Kier molecular flexibility index (Phi) is 7.62. The lowest BCUT2D eigenvalue weighted by Gasteiger charge is -2.24. The number of sulfonamides is 1. The molecule has 172 valence electrons. The maximum Gasteiger partial charge on any atom is 0.264 e. The molecule has 3 aromatic carbocycles. The number of nitrogens with one attached hydrogen (secondary N) is 1. The second kappa shape index (κ2) is 10.6. The van der Waals surface area contributed by atoms with Crippen LogP contribution in [0.1, 0.15) is 5.56 Å². The van der Waals surface area contributed by atoms with E-state index in [1.807, 2.05) is 0 Å². The molecule has 0 unspecified atom stereocenters. The molecule has 0 saturated carbocycles. The molecule has 0 radical (unpaired) electrons. The second-order valence-corrected chi connectivity index (χ2v) is 8.51. The molecule has 0 fully saturated rings. The van der Waals surface area contributed by atoms with E-state index in [0.29, 0.717) is 21.4 Å². The Morgan fingerprint density at radius 3 is 2.36 bits per heavy atom. The monoisotopic (exact) mass is 471 g/mol. The molecular weight excluding hydrogens is 449 g/mol. The van der Waals surface area contributed by atoms with Gasteiger partial charge in [0.05, 0.1) is 31.0 Å². The van der Waals surface area contributed by atoms with Gasteiger partial charge >= 0.3 is 0 Å². The van der Waals surface area contributed by atoms with Crippen LogP contribution in [0.3, 0.4) is 0 Å². The normalized spacial score (nSPS) is 11.2. The first-order chi connectivity index (χ1) is 15.9. The molecule has 0 saturated heterocycles. The SMILES string of the molecule is COc1cccc(/C=N\NC(=O)CN(c2ccccc2F)S(=O)(=O)c2ccccc2)c1OC. The van der Waals surface area contributed by atoms with Gasteiger partial charge < -0.3 is 9.47 Å². The van der Waals surface area contributed by atoms with Crippen molar-refractivity contribution in [1.82, 2.24) is 5.43 Å². The number of hydrazone groups is 1. The van der Waals surface area contributed by atoms with Crippen molar-refractivity contribution >= 4 is 27.8 Å². The van der Waals surface area contributed by atoms with Crippen molar-refractivity contribution in [3.05, 3.63) is 84.2 Å². The summed E-state index contributed by atoms with van der Waals surface area (Å²) in [7, 11) is -1.27. The zero-order chi connectivity index (χ0) is 23.8. The number of para-hydroxylation sites is 2. The lowest BCUT2D eigenvalue weighted by molar-refractivity contribution is -0.119. The summed E-state index contributed by atoms with van der Waals surface area (Å²) in [5, 5.41) is 3.87. The molecule has 10 heteroatoms. The third kappa shape index (κ3) is 5.47. The summed E-state index contributed by atoms with van der Waals surface area (Å²) in [6, 6.07) is 17.9. The third-order valence-electron chi connectivity index (χ3n) is 4.57. The standard InChI is InChI=1S/C23H22FN3O5S/c1-31-21-14-8-9-17(23(21)32-2)15-25-26-22(28)16-27(20-13-7-6-12-19(20)24)33(29,30)18-10-4-3-5-11-18/h3-15H,16H2,1-2H3,(H,26,28)/b25-15-. The van der Waals surface area contributed by atoms with E-state index in [1.165, 1.54) is 62.9 Å². The Bertz CT molecular complexity index is 1250. The molecule has 0 aliphatic heterocycles. The number of ether oxygens (including phenoxy) is 2. The van der Waals surface area contributed by atoms with Crippen LogP contribution in [0.4, 0.5) is 10.1 Å². The highest BCUT2D eigenvalue weighted by Crippen LogP contribution is 2.29. The fourth-order valence-corrected chi connectivity index (χ4v) is 4.48. The first kappa shape index (κ1) is 23.7. The van der Waals surface area contributed by atoms with Crippen LogP contribution in [-0.2, 0) is 14.8 Å². The lowest BCUT2D eigenvalue weighted by atomic mass is 10.2. The number of nitrogens with zero attached hydrogens (tertiary/aromatic N) is 2. The molecule has 0 spiro atoms. The Hall–Kier alpha value is -3.92. The molecule has 0 aromatic heterocycles. The molecule has 33 heavy (non-hydrogen) atoms. The number of hydrogen-bond donors (Lipinski definition) is 1. The predicted molar refractivity (Wildman–Crippen MR) is 123 cm³/mol. The molecular formula is C23H22FN3O5S. The van der Waals surface area contributed by atoms with E-state index in [4.69, 9.17) is 9.47 Å². The largest absolute Gasteiger partial charge is 0.493 e. The minimum absolute atomic E-state index is 0.0781. The van der Waals surface area contributed by atoms with E-state index < -0.39 is 28.3 Å². The van der Waals surface area contributed by atoms with Crippen LogP contribution >= 0.6 is 0 Å². The van der Waals surface area contributed by atoms with Gasteiger partial charge in [-0.3, -0.25) is 9.10 Å². The van der Waals surface area contributed by atoms with Gasteiger partial charge in [-0.05, 0) is 36.4 Å². The Morgan fingerprint density at radius 2 is 1.70 bits per heavy atom. The van der Waals surface area contributed by atoms with Crippen molar-refractivity contribution in [1.29, 1.82) is 0 Å². The quantitative estimate of drug-likeness (QED) is 0.382. The van der Waals surface area contributed by atoms with Gasteiger partial charge in [-0.1, -0.05) is 36.4 Å². The first-order valence-corrected chi connectivity index (χ1v) is 11.2. The highest BCUT2D eigenvalue weighted by Gasteiger charge is 2.28. The predicted octanol–water partition coefficient (Wildman–Crippen LogP) is 3.19. The summed E-state index contributed by atoms with van der Waals surface area (Å²) in [6.45, 7) is -0.690. The highest BCUT2D eigenvalue weighted by molar-refractivity contribution is 7.92. The van der Waals surface area contributed by atoms with Gasteiger partial charge in [-0.25, -0.2) is 18.2 Å². The van der Waals surface area contributed by atoms with Crippen LogP contribution in [0.15, 0.2) is 82.8 Å². The minimum atomic E-state index is -4.22. The number of hydrogen-bond acceptors (Lipinski definition) is 6. The molecule has 3 aromatic rings. The fourth-order valence-electron chi connectivity index (χ4n) is 3.03. The summed E-state index contributed by atoms with van der Waals surface area (Å²) in [5.74, 6) is -0.657. The van der Waals surface area contributed by atoms with Crippen molar-refractivity contribution in [2.75, 3.05) is 25.1 Å². The van der Waals surface area contributed by atoms with Gasteiger partial charge in [-0.2, -0.15) is 5.10 Å². The number of amides is 1. The van der Waals surface area contributed by atoms with Crippen LogP contribution in [-0.4, -0.2) is 41.3 Å². The Labute approximate surface area is 191 Å². The van der Waals surface area contributed by atoms with Crippen LogP contribution in [0.5, 0.6) is 11.5 Å². The van der Waals surface area contributed by atoms with Crippen LogP contribution in [0, 0.1) is 5.82 Å². The number of carbonyl (C=O) groups is 1. The van der Waals surface area contributed by atoms with Crippen molar-refractivity contribution in [2.24, 2.45) is 5.10 Å². The molecule has 0 aliphatic rings. The Morgan fingerprint density at radius 1 is 1.00 bits per heavy atom. The maximum atomic E-state index is 14.5. The number of carbonyl (C=O) groups excluding carboxylic acids is 1. The van der Waals surface area contributed by atoms with E-state index in [9.17, 15) is 17.6 Å². The third-order valence-corrected chi connectivity index (χ3v) is 6.34. The average Bonchev–Trinajstić information content (AvgIpc) is 2.83. The molecule has 8 nitrogen and oxygen atoms in total. The molecule has 0 heterocycles. The van der Waals surface area contributed by atoms with Crippen LogP contribution in [0.2, 0.25) is 0 Å². The van der Waals surface area contributed by atoms with Gasteiger partial charge in [0.2, 0.25) is 0 Å². The van der Waals surface area contributed by atoms with E-state index in [-0.39, 0.29) is 10.6 Å². The number of methoxy groups -OCH3 is 2. The molecule has 1 N–H and O–H groups in total. The zero-order valence-electron chi connectivity index (χ0n) is 17.9. The van der Waals surface area contributed by atoms with Crippen LogP contribution in [0.25, 0.3) is 0 Å². The van der Waals surface area contributed by atoms with Crippen LogP contribution < -0.4 is 19.2 Å². The van der Waals surface area contributed by atoms with Gasteiger partial charge in [0.1, 0.15) is 12.4 Å². The van der Waals surface area contributed by atoms with Gasteiger partial charge in [0.15, 0.2) is 11.5 Å². The summed E-state index contributed by atoms with van der Waals surface area (Å²) >= 11 is 0. The van der Waals surface area contributed by atoms with E-state index in [0.717, 1.165) is 6.07 Å². The molecule has 0 aliphatic carbocycles. The first-order valence-electron chi connectivity index (χ1n) is 9.73. The van der Waals surface area contributed by atoms with Crippen molar-refractivity contribution in [3.8, 4) is 11.5 Å². The summed E-state index contributed by atoms with van der Waals surface area (Å²) < 4.78 is 52.0. The van der Waals surface area contributed by atoms with Crippen molar-refractivity contribution in [2.45, 2.75) is 4.90 Å².